The highest BCUT2D eigenvalue weighted by Crippen LogP contribution is 2.45. The molecule has 0 aliphatic carbocycles. The first kappa shape index (κ1) is 21.5. The summed E-state index contributed by atoms with van der Waals surface area (Å²) in [4.78, 5) is 0. The second-order valence-electron chi connectivity index (χ2n) is 7.87. The van der Waals surface area contributed by atoms with Crippen LogP contribution in [0, 0.1) is 0 Å². The molecule has 0 bridgehead atoms. The van der Waals surface area contributed by atoms with Gasteiger partial charge in [0.05, 0.1) is 0 Å². The molecule has 0 saturated carbocycles. The number of aromatic hydroxyl groups is 2. The van der Waals surface area contributed by atoms with Crippen molar-refractivity contribution >= 4 is 0 Å². The summed E-state index contributed by atoms with van der Waals surface area (Å²) in [5.41, 5.74) is 4.80. The second kappa shape index (κ2) is 10.1. The van der Waals surface area contributed by atoms with Crippen LogP contribution in [0.2, 0.25) is 0 Å². The van der Waals surface area contributed by atoms with Crippen LogP contribution < -0.4 is 0 Å². The van der Waals surface area contributed by atoms with Crippen LogP contribution in [0.15, 0.2) is 72.8 Å². The van der Waals surface area contributed by atoms with Gasteiger partial charge in [0.15, 0.2) is 11.5 Å². The molecule has 0 spiro atoms. The van der Waals surface area contributed by atoms with Crippen molar-refractivity contribution in [2.45, 2.75) is 39.0 Å². The molecule has 0 amide bonds. The number of hydrogen-bond donors (Lipinski definition) is 2. The lowest BCUT2D eigenvalue weighted by Gasteiger charge is -2.16. The molecule has 0 unspecified atom stereocenters. The molecular weight excluding hydrogens is 398 g/mol. The first-order valence-electron chi connectivity index (χ1n) is 11.1. The molecule has 1 heterocycles. The van der Waals surface area contributed by atoms with E-state index in [-0.39, 0.29) is 11.5 Å². The van der Waals surface area contributed by atoms with Gasteiger partial charge in [-0.15, -0.1) is 10.2 Å². The zero-order valence-corrected chi connectivity index (χ0v) is 18.2. The normalized spacial score (nSPS) is 10.9. The summed E-state index contributed by atoms with van der Waals surface area (Å²) in [7, 11) is 0. The third-order valence-corrected chi connectivity index (χ3v) is 5.66. The number of nitrogens with zero attached hydrogens (tertiary/aromatic N) is 3. The highest BCUT2D eigenvalue weighted by atomic mass is 16.3. The van der Waals surface area contributed by atoms with E-state index in [2.05, 4.69) is 22.3 Å². The molecule has 0 aliphatic rings. The van der Waals surface area contributed by atoms with Crippen LogP contribution in [-0.2, 0) is 6.42 Å². The molecule has 4 rings (SSSR count). The maximum atomic E-state index is 11.1. The molecule has 32 heavy (non-hydrogen) atoms. The minimum absolute atomic E-state index is 0.0752. The first-order chi connectivity index (χ1) is 15.7. The second-order valence-corrected chi connectivity index (χ2v) is 7.87. The van der Waals surface area contributed by atoms with Crippen molar-refractivity contribution in [2.24, 2.45) is 0 Å². The van der Waals surface area contributed by atoms with Crippen molar-refractivity contribution in [1.82, 2.24) is 15.4 Å². The largest absolute Gasteiger partial charge is 0.504 e. The van der Waals surface area contributed by atoms with Gasteiger partial charge in [-0.25, -0.2) is 0 Å². The Kier molecular flexibility index (Phi) is 6.75. The molecule has 2 N–H and O–H groups in total. The Balaban J connectivity index is 1.86. The molecular formula is C27H27N3O2. The lowest BCUT2D eigenvalue weighted by atomic mass is 9.92. The summed E-state index contributed by atoms with van der Waals surface area (Å²) in [6, 6.07) is 23.1. The molecule has 0 saturated heterocycles. The SMILES string of the molecule is CCCCCCc1ccc(-c2c(-c3ccccc3)nnnc2-c2ccccc2)c(O)c1O. The van der Waals surface area contributed by atoms with Crippen LogP contribution in [0.5, 0.6) is 11.5 Å². The minimum atomic E-state index is -0.151. The number of aryl methyl sites for hydroxylation is 1. The molecule has 0 fully saturated rings. The Morgan fingerprint density at radius 2 is 1.25 bits per heavy atom. The average molecular weight is 426 g/mol. The van der Waals surface area contributed by atoms with E-state index in [1.807, 2.05) is 72.8 Å². The zero-order valence-electron chi connectivity index (χ0n) is 18.2. The molecule has 0 atom stereocenters. The van der Waals surface area contributed by atoms with Gasteiger partial charge in [-0.2, -0.15) is 0 Å². The van der Waals surface area contributed by atoms with Gasteiger partial charge < -0.3 is 10.2 Å². The van der Waals surface area contributed by atoms with Gasteiger partial charge in [-0.1, -0.05) is 92.9 Å². The van der Waals surface area contributed by atoms with E-state index >= 15 is 0 Å². The summed E-state index contributed by atoms with van der Waals surface area (Å²) in [6.07, 6.45) is 5.13. The Hall–Kier alpha value is -3.73. The van der Waals surface area contributed by atoms with Gasteiger partial charge in [0.1, 0.15) is 11.4 Å². The third-order valence-electron chi connectivity index (χ3n) is 5.66. The van der Waals surface area contributed by atoms with E-state index < -0.39 is 0 Å². The van der Waals surface area contributed by atoms with E-state index in [0.717, 1.165) is 42.4 Å². The molecule has 5 heteroatoms. The van der Waals surface area contributed by atoms with Gasteiger partial charge in [-0.05, 0) is 29.7 Å². The maximum absolute atomic E-state index is 11.1. The zero-order chi connectivity index (χ0) is 22.3. The summed E-state index contributed by atoms with van der Waals surface area (Å²) >= 11 is 0. The predicted molar refractivity (Wildman–Crippen MR) is 127 cm³/mol. The van der Waals surface area contributed by atoms with E-state index in [9.17, 15) is 10.2 Å². The maximum Gasteiger partial charge on any atom is 0.165 e. The van der Waals surface area contributed by atoms with E-state index in [0.29, 0.717) is 22.5 Å². The van der Waals surface area contributed by atoms with Crippen molar-refractivity contribution in [3.63, 3.8) is 0 Å². The fourth-order valence-corrected chi connectivity index (χ4v) is 3.94. The first-order valence-corrected chi connectivity index (χ1v) is 11.1. The molecule has 1 aromatic heterocycles. The van der Waals surface area contributed by atoms with Crippen LogP contribution in [0.3, 0.4) is 0 Å². The third kappa shape index (κ3) is 4.47. The monoisotopic (exact) mass is 425 g/mol. The number of hydrogen-bond acceptors (Lipinski definition) is 5. The predicted octanol–water partition coefficient (Wildman–Crippen LogP) is 6.41. The van der Waals surface area contributed by atoms with Crippen LogP contribution >= 0.6 is 0 Å². The fourth-order valence-electron chi connectivity index (χ4n) is 3.94. The van der Waals surface area contributed by atoms with Gasteiger partial charge in [-0.3, -0.25) is 0 Å². The summed E-state index contributed by atoms with van der Waals surface area (Å²) < 4.78 is 0. The van der Waals surface area contributed by atoms with E-state index in [1.165, 1.54) is 6.42 Å². The van der Waals surface area contributed by atoms with Crippen LogP contribution in [0.1, 0.15) is 38.2 Å². The lowest BCUT2D eigenvalue weighted by molar-refractivity contribution is 0.400. The fraction of sp³-hybridized carbons (Fsp3) is 0.222. The summed E-state index contributed by atoms with van der Waals surface area (Å²) in [5.74, 6) is -0.226. The van der Waals surface area contributed by atoms with Crippen molar-refractivity contribution in [3.8, 4) is 45.1 Å². The van der Waals surface area contributed by atoms with Gasteiger partial charge >= 0.3 is 0 Å². The number of benzene rings is 3. The van der Waals surface area contributed by atoms with Crippen molar-refractivity contribution in [2.75, 3.05) is 0 Å². The van der Waals surface area contributed by atoms with E-state index in [1.54, 1.807) is 0 Å². The van der Waals surface area contributed by atoms with Gasteiger partial charge in [0.2, 0.25) is 0 Å². The number of phenols is 2. The lowest BCUT2D eigenvalue weighted by Crippen LogP contribution is -2.01. The Labute approximate surface area is 188 Å². The molecule has 3 aromatic carbocycles. The summed E-state index contributed by atoms with van der Waals surface area (Å²) in [5, 5.41) is 34.5. The highest BCUT2D eigenvalue weighted by molar-refractivity contribution is 5.93. The minimum Gasteiger partial charge on any atom is -0.504 e. The number of aromatic nitrogens is 3. The van der Waals surface area contributed by atoms with Gasteiger partial charge in [0, 0.05) is 22.3 Å². The molecule has 0 radical (unpaired) electrons. The van der Waals surface area contributed by atoms with Crippen LogP contribution in [-0.4, -0.2) is 25.6 Å². The molecule has 0 aliphatic heterocycles. The Morgan fingerprint density at radius 3 is 1.81 bits per heavy atom. The summed E-state index contributed by atoms with van der Waals surface area (Å²) in [6.45, 7) is 2.17. The van der Waals surface area contributed by atoms with Crippen molar-refractivity contribution in [3.05, 3.63) is 78.4 Å². The van der Waals surface area contributed by atoms with Gasteiger partial charge in [0.25, 0.3) is 0 Å². The molecule has 5 nitrogen and oxygen atoms in total. The smallest absolute Gasteiger partial charge is 0.165 e. The Bertz CT molecular complexity index is 1120. The van der Waals surface area contributed by atoms with Crippen molar-refractivity contribution < 1.29 is 10.2 Å². The Morgan fingerprint density at radius 1 is 0.656 bits per heavy atom. The van der Waals surface area contributed by atoms with Crippen molar-refractivity contribution in [1.29, 1.82) is 0 Å². The van der Waals surface area contributed by atoms with E-state index in [4.69, 9.17) is 0 Å². The molecule has 4 aromatic rings. The van der Waals surface area contributed by atoms with Crippen LogP contribution in [0.25, 0.3) is 33.6 Å². The topological polar surface area (TPSA) is 79.1 Å². The molecule has 162 valence electrons. The standard InChI is InChI=1S/C27H27N3O2/c1-2-3-4-7-16-21-17-18-22(27(32)26(21)31)23-24(19-12-8-5-9-13-19)28-30-29-25(23)20-14-10-6-11-15-20/h5-6,8-15,17-18,31-32H,2-4,7,16H2,1H3. The highest BCUT2D eigenvalue weighted by Gasteiger charge is 2.22. The number of unbranched alkanes of at least 4 members (excludes halogenated alkanes) is 3. The quantitative estimate of drug-likeness (QED) is 0.252. The number of rotatable bonds is 8. The average Bonchev–Trinajstić information content (AvgIpc) is 2.85. The number of phenolic OH excluding ortho intramolecular Hbond substituents is 2. The van der Waals surface area contributed by atoms with Crippen LogP contribution in [0.4, 0.5) is 0 Å².